The van der Waals surface area contributed by atoms with Crippen molar-refractivity contribution in [2.45, 2.75) is 12.7 Å². The van der Waals surface area contributed by atoms with Crippen LogP contribution in [-0.4, -0.2) is 19.8 Å². The molecule has 2 aromatic rings. The van der Waals surface area contributed by atoms with Crippen LogP contribution < -0.4 is 11.1 Å². The van der Waals surface area contributed by atoms with E-state index in [4.69, 9.17) is 5.73 Å². The number of halogens is 3. The number of benzene rings is 1. The van der Waals surface area contributed by atoms with Crippen LogP contribution >= 0.6 is 12.2 Å². The summed E-state index contributed by atoms with van der Waals surface area (Å²) in [6.07, 6.45) is -3.02. The Morgan fingerprint density at radius 1 is 1.43 bits per heavy atom. The first-order chi connectivity index (χ1) is 9.77. The second kappa shape index (κ2) is 5.68. The quantitative estimate of drug-likeness (QED) is 0.846. The molecule has 1 heterocycles. The highest BCUT2D eigenvalue weighted by atomic mass is 32.1. The van der Waals surface area contributed by atoms with Crippen LogP contribution in [0.4, 0.5) is 18.9 Å². The summed E-state index contributed by atoms with van der Waals surface area (Å²) in [5.74, 6) is 0.476. The summed E-state index contributed by atoms with van der Waals surface area (Å²) in [5, 5.41) is 6.85. The SMILES string of the molecule is Cn1cnc(CNc2ccc(C(N)=S)c(C(F)(F)F)c2)n1. The third-order valence-electron chi connectivity index (χ3n) is 2.69. The summed E-state index contributed by atoms with van der Waals surface area (Å²) < 4.78 is 40.5. The molecule has 112 valence electrons. The molecule has 9 heteroatoms. The minimum atomic E-state index is -4.53. The molecular formula is C12H12F3N5S. The van der Waals surface area contributed by atoms with Crippen LogP contribution in [0, 0.1) is 0 Å². The molecule has 2 rings (SSSR count). The van der Waals surface area contributed by atoms with Gasteiger partial charge in [0.1, 0.15) is 11.3 Å². The van der Waals surface area contributed by atoms with Crippen molar-refractivity contribution in [2.24, 2.45) is 12.8 Å². The molecule has 0 saturated carbocycles. The molecule has 0 aliphatic rings. The predicted octanol–water partition coefficient (Wildman–Crippen LogP) is 2.08. The van der Waals surface area contributed by atoms with Crippen LogP contribution in [-0.2, 0) is 19.8 Å². The van der Waals surface area contributed by atoms with Crippen LogP contribution in [0.3, 0.4) is 0 Å². The highest BCUT2D eigenvalue weighted by molar-refractivity contribution is 7.80. The molecule has 0 amide bonds. The first-order valence-corrected chi connectivity index (χ1v) is 6.27. The lowest BCUT2D eigenvalue weighted by molar-refractivity contribution is -0.137. The maximum atomic E-state index is 13.0. The Hall–Kier alpha value is -2.16. The van der Waals surface area contributed by atoms with Crippen molar-refractivity contribution in [3.8, 4) is 0 Å². The Morgan fingerprint density at radius 3 is 2.67 bits per heavy atom. The standard InChI is InChI=1S/C12H12F3N5S/c1-20-6-18-10(19-20)5-17-7-2-3-8(11(16)21)9(4-7)12(13,14)15/h2-4,6,17H,5H2,1H3,(H2,16,21). The number of nitrogens with one attached hydrogen (secondary N) is 1. The number of alkyl halides is 3. The normalized spacial score (nSPS) is 11.4. The van der Waals surface area contributed by atoms with Crippen LogP contribution in [0.15, 0.2) is 24.5 Å². The smallest absolute Gasteiger partial charge is 0.389 e. The zero-order valence-corrected chi connectivity index (χ0v) is 11.8. The summed E-state index contributed by atoms with van der Waals surface area (Å²) in [5.41, 5.74) is 4.54. The number of hydrogen-bond acceptors (Lipinski definition) is 4. The van der Waals surface area contributed by atoms with E-state index in [-0.39, 0.29) is 22.8 Å². The van der Waals surface area contributed by atoms with Gasteiger partial charge in [0.05, 0.1) is 12.1 Å². The van der Waals surface area contributed by atoms with Crippen molar-refractivity contribution in [2.75, 3.05) is 5.32 Å². The van der Waals surface area contributed by atoms with Crippen LogP contribution in [0.1, 0.15) is 17.0 Å². The summed E-state index contributed by atoms with van der Waals surface area (Å²) >= 11 is 4.64. The molecule has 0 bridgehead atoms. The average Bonchev–Trinajstić information content (AvgIpc) is 2.81. The number of aryl methyl sites for hydroxylation is 1. The largest absolute Gasteiger partial charge is 0.417 e. The molecule has 0 aliphatic carbocycles. The lowest BCUT2D eigenvalue weighted by Gasteiger charge is -2.14. The zero-order chi connectivity index (χ0) is 15.6. The molecule has 1 aromatic carbocycles. The fourth-order valence-corrected chi connectivity index (χ4v) is 1.93. The number of hydrogen-bond donors (Lipinski definition) is 2. The Balaban J connectivity index is 2.23. The van der Waals surface area contributed by atoms with Crippen LogP contribution in [0.25, 0.3) is 0 Å². The highest BCUT2D eigenvalue weighted by Gasteiger charge is 2.34. The molecular weight excluding hydrogens is 303 g/mol. The van der Waals surface area contributed by atoms with Gasteiger partial charge in [-0.15, -0.1) is 0 Å². The molecule has 0 unspecified atom stereocenters. The molecule has 0 radical (unpaired) electrons. The van der Waals surface area contributed by atoms with Gasteiger partial charge in [-0.2, -0.15) is 18.3 Å². The van der Waals surface area contributed by atoms with Gasteiger partial charge in [0.15, 0.2) is 5.82 Å². The van der Waals surface area contributed by atoms with Crippen molar-refractivity contribution in [3.63, 3.8) is 0 Å². The van der Waals surface area contributed by atoms with Crippen molar-refractivity contribution in [1.82, 2.24) is 14.8 Å². The number of thiocarbonyl (C=S) groups is 1. The van der Waals surface area contributed by atoms with Gasteiger partial charge in [-0.1, -0.05) is 12.2 Å². The monoisotopic (exact) mass is 315 g/mol. The Morgan fingerprint density at radius 2 is 2.14 bits per heavy atom. The minimum absolute atomic E-state index is 0.195. The van der Waals surface area contributed by atoms with Gasteiger partial charge < -0.3 is 11.1 Å². The van der Waals surface area contributed by atoms with Crippen LogP contribution in [0.2, 0.25) is 0 Å². The fourth-order valence-electron chi connectivity index (χ4n) is 1.75. The highest BCUT2D eigenvalue weighted by Crippen LogP contribution is 2.33. The fraction of sp³-hybridized carbons (Fsp3) is 0.250. The van der Waals surface area contributed by atoms with E-state index in [1.54, 1.807) is 7.05 Å². The van der Waals surface area contributed by atoms with Gasteiger partial charge in [0.25, 0.3) is 0 Å². The second-order valence-corrected chi connectivity index (χ2v) is 4.75. The van der Waals surface area contributed by atoms with Gasteiger partial charge in [0, 0.05) is 18.3 Å². The number of aromatic nitrogens is 3. The maximum absolute atomic E-state index is 13.0. The summed E-state index contributed by atoms with van der Waals surface area (Å²) in [6.45, 7) is 0.213. The molecule has 0 fully saturated rings. The number of nitrogens with zero attached hydrogens (tertiary/aromatic N) is 3. The Labute approximate surface area is 124 Å². The third kappa shape index (κ3) is 3.69. The third-order valence-corrected chi connectivity index (χ3v) is 2.91. The Bertz CT molecular complexity index is 665. The minimum Gasteiger partial charge on any atom is -0.389 e. The van der Waals surface area contributed by atoms with E-state index < -0.39 is 11.7 Å². The maximum Gasteiger partial charge on any atom is 0.417 e. The first-order valence-electron chi connectivity index (χ1n) is 5.87. The second-order valence-electron chi connectivity index (χ2n) is 4.31. The molecule has 0 spiro atoms. The van der Waals surface area contributed by atoms with Gasteiger partial charge >= 0.3 is 6.18 Å². The average molecular weight is 315 g/mol. The predicted molar refractivity (Wildman–Crippen MR) is 75.7 cm³/mol. The van der Waals surface area contributed by atoms with Crippen molar-refractivity contribution in [3.05, 3.63) is 41.5 Å². The number of rotatable bonds is 4. The van der Waals surface area contributed by atoms with E-state index in [0.717, 1.165) is 6.07 Å². The molecule has 0 atom stereocenters. The van der Waals surface area contributed by atoms with Gasteiger partial charge in [-0.05, 0) is 18.2 Å². The molecule has 0 saturated heterocycles. The molecule has 5 nitrogen and oxygen atoms in total. The van der Waals surface area contributed by atoms with E-state index in [1.165, 1.54) is 23.1 Å². The van der Waals surface area contributed by atoms with Crippen LogP contribution in [0.5, 0.6) is 0 Å². The van der Waals surface area contributed by atoms with Gasteiger partial charge in [-0.25, -0.2) is 4.98 Å². The first kappa shape index (κ1) is 15.2. The number of nitrogens with two attached hydrogens (primary N) is 1. The summed E-state index contributed by atoms with van der Waals surface area (Å²) in [6, 6.07) is 3.70. The van der Waals surface area contributed by atoms with Gasteiger partial charge in [0.2, 0.25) is 0 Å². The Kier molecular flexibility index (Phi) is 4.12. The summed E-state index contributed by atoms with van der Waals surface area (Å²) in [7, 11) is 1.70. The molecule has 0 aliphatic heterocycles. The molecule has 21 heavy (non-hydrogen) atoms. The van der Waals surface area contributed by atoms with E-state index in [2.05, 4.69) is 27.6 Å². The summed E-state index contributed by atoms with van der Waals surface area (Å²) in [4.78, 5) is 3.68. The van der Waals surface area contributed by atoms with E-state index in [0.29, 0.717) is 5.82 Å². The van der Waals surface area contributed by atoms with Crippen molar-refractivity contribution < 1.29 is 13.2 Å². The lowest BCUT2D eigenvalue weighted by atomic mass is 10.1. The van der Waals surface area contributed by atoms with E-state index in [9.17, 15) is 13.2 Å². The van der Waals surface area contributed by atoms with E-state index in [1.807, 2.05) is 0 Å². The topological polar surface area (TPSA) is 68.8 Å². The van der Waals surface area contributed by atoms with E-state index >= 15 is 0 Å². The lowest BCUT2D eigenvalue weighted by Crippen LogP contribution is -2.18. The van der Waals surface area contributed by atoms with Crippen molar-refractivity contribution >= 4 is 22.9 Å². The van der Waals surface area contributed by atoms with Gasteiger partial charge in [-0.3, -0.25) is 4.68 Å². The molecule has 1 aromatic heterocycles. The zero-order valence-electron chi connectivity index (χ0n) is 11.0. The van der Waals surface area contributed by atoms with Crippen molar-refractivity contribution in [1.29, 1.82) is 0 Å². The molecule has 3 N–H and O–H groups in total. The number of anilines is 1.